The van der Waals surface area contributed by atoms with E-state index in [1.165, 1.54) is 0 Å². The SMILES string of the molecule is CCC(C)(C)[C@@]1(O)C[C@@]2(C)O[C@@](C)(C1)[C@H](O)[C@@H]2O. The molecule has 0 unspecified atom stereocenters. The Kier molecular flexibility index (Phi) is 2.92. The molecule has 4 heteroatoms. The van der Waals surface area contributed by atoms with Crippen molar-refractivity contribution in [2.75, 3.05) is 0 Å². The van der Waals surface area contributed by atoms with Crippen LogP contribution in [0.1, 0.15) is 53.9 Å². The third-order valence-electron chi connectivity index (χ3n) is 5.45. The first-order chi connectivity index (χ1) is 8.00. The fraction of sp³-hybridized carbons (Fsp3) is 1.00. The Morgan fingerprint density at radius 2 is 1.50 bits per heavy atom. The highest BCUT2D eigenvalue weighted by atomic mass is 16.6. The fourth-order valence-electron chi connectivity index (χ4n) is 3.63. The maximum Gasteiger partial charge on any atom is 0.111 e. The number of hydrogen-bond donors (Lipinski definition) is 3. The van der Waals surface area contributed by atoms with Gasteiger partial charge in [0.05, 0.1) is 16.8 Å². The van der Waals surface area contributed by atoms with Crippen molar-refractivity contribution >= 4 is 0 Å². The Hall–Kier alpha value is -0.160. The normalized spacial score (nSPS) is 52.7. The van der Waals surface area contributed by atoms with Gasteiger partial charge in [0.25, 0.3) is 0 Å². The number of aliphatic hydroxyl groups excluding tert-OH is 2. The molecule has 106 valence electrons. The smallest absolute Gasteiger partial charge is 0.111 e. The van der Waals surface area contributed by atoms with E-state index in [-0.39, 0.29) is 5.41 Å². The number of aliphatic hydroxyl groups is 3. The number of hydrogen-bond acceptors (Lipinski definition) is 4. The zero-order chi connectivity index (χ0) is 14.0. The minimum absolute atomic E-state index is 0.275. The molecule has 2 aliphatic rings. The first-order valence-electron chi connectivity index (χ1n) is 6.78. The van der Waals surface area contributed by atoms with Crippen LogP contribution in [-0.4, -0.2) is 44.3 Å². The van der Waals surface area contributed by atoms with Crippen molar-refractivity contribution < 1.29 is 20.1 Å². The molecule has 2 heterocycles. The van der Waals surface area contributed by atoms with Crippen molar-refractivity contribution in [3.8, 4) is 0 Å². The molecule has 2 saturated heterocycles. The lowest BCUT2D eigenvalue weighted by Gasteiger charge is -2.52. The summed E-state index contributed by atoms with van der Waals surface area (Å²) in [6, 6.07) is 0. The van der Waals surface area contributed by atoms with Gasteiger partial charge in [-0.2, -0.15) is 0 Å². The lowest BCUT2D eigenvalue weighted by atomic mass is 9.64. The van der Waals surface area contributed by atoms with E-state index in [1.54, 1.807) is 13.8 Å². The highest BCUT2D eigenvalue weighted by Crippen LogP contribution is 2.56. The number of rotatable bonds is 2. The van der Waals surface area contributed by atoms with Gasteiger partial charge in [-0.25, -0.2) is 0 Å². The van der Waals surface area contributed by atoms with E-state index in [2.05, 4.69) is 0 Å². The summed E-state index contributed by atoms with van der Waals surface area (Å²) in [5.41, 5.74) is -2.94. The van der Waals surface area contributed by atoms with Gasteiger partial charge in [-0.05, 0) is 25.7 Å². The van der Waals surface area contributed by atoms with Gasteiger partial charge in [-0.3, -0.25) is 0 Å². The van der Waals surface area contributed by atoms with E-state index in [1.807, 2.05) is 20.8 Å². The summed E-state index contributed by atoms with van der Waals surface area (Å²) in [4.78, 5) is 0. The van der Waals surface area contributed by atoms with E-state index in [4.69, 9.17) is 4.74 Å². The van der Waals surface area contributed by atoms with Gasteiger partial charge >= 0.3 is 0 Å². The Balaban J connectivity index is 2.42. The highest BCUT2D eigenvalue weighted by Gasteiger charge is 2.67. The molecular formula is C14H26O4. The van der Waals surface area contributed by atoms with E-state index in [0.717, 1.165) is 6.42 Å². The monoisotopic (exact) mass is 258 g/mol. The molecule has 0 aromatic rings. The molecule has 0 aromatic carbocycles. The van der Waals surface area contributed by atoms with E-state index < -0.39 is 29.0 Å². The quantitative estimate of drug-likeness (QED) is 0.696. The second-order valence-electron chi connectivity index (χ2n) is 7.24. The van der Waals surface area contributed by atoms with Crippen LogP contribution in [0.25, 0.3) is 0 Å². The second-order valence-corrected chi connectivity index (χ2v) is 7.24. The largest absolute Gasteiger partial charge is 0.389 e. The molecule has 0 aromatic heterocycles. The summed E-state index contributed by atoms with van der Waals surface area (Å²) >= 11 is 0. The van der Waals surface area contributed by atoms with E-state index >= 15 is 0 Å². The molecule has 0 aliphatic carbocycles. The molecule has 3 N–H and O–H groups in total. The van der Waals surface area contributed by atoms with Crippen LogP contribution in [-0.2, 0) is 4.74 Å². The lowest BCUT2D eigenvalue weighted by Crippen LogP contribution is -2.59. The first-order valence-corrected chi connectivity index (χ1v) is 6.78. The van der Waals surface area contributed by atoms with Crippen LogP contribution < -0.4 is 0 Å². The van der Waals surface area contributed by atoms with Crippen molar-refractivity contribution in [2.24, 2.45) is 5.41 Å². The Labute approximate surface area is 109 Å². The van der Waals surface area contributed by atoms with Gasteiger partial charge < -0.3 is 20.1 Å². The van der Waals surface area contributed by atoms with Crippen LogP contribution in [0.3, 0.4) is 0 Å². The van der Waals surface area contributed by atoms with Crippen molar-refractivity contribution in [1.82, 2.24) is 0 Å². The maximum atomic E-state index is 11.0. The van der Waals surface area contributed by atoms with E-state index in [0.29, 0.717) is 12.8 Å². The topological polar surface area (TPSA) is 69.9 Å². The molecule has 0 spiro atoms. The third kappa shape index (κ3) is 1.66. The fourth-order valence-corrected chi connectivity index (χ4v) is 3.63. The predicted molar refractivity (Wildman–Crippen MR) is 68.2 cm³/mol. The van der Waals surface area contributed by atoms with Gasteiger partial charge in [0, 0.05) is 12.8 Å². The molecule has 2 aliphatic heterocycles. The standard InChI is InChI=1S/C14H26O4/c1-6-11(2,3)14(17)7-12(4)9(15)10(16)13(5,8-14)18-12/h9-10,15-17H,6-8H2,1-5H3/t9-,10+,12+,13-,14+. The lowest BCUT2D eigenvalue weighted by molar-refractivity contribution is -0.240. The summed E-state index contributed by atoms with van der Waals surface area (Å²) in [5.74, 6) is 0. The summed E-state index contributed by atoms with van der Waals surface area (Å²) < 4.78 is 5.87. The van der Waals surface area contributed by atoms with Gasteiger partial charge in [0.2, 0.25) is 0 Å². The van der Waals surface area contributed by atoms with Gasteiger partial charge in [-0.15, -0.1) is 0 Å². The van der Waals surface area contributed by atoms with Crippen LogP contribution in [0.4, 0.5) is 0 Å². The van der Waals surface area contributed by atoms with E-state index in [9.17, 15) is 15.3 Å². The molecule has 2 rings (SSSR count). The molecule has 4 nitrogen and oxygen atoms in total. The molecule has 2 bridgehead atoms. The summed E-state index contributed by atoms with van der Waals surface area (Å²) in [5, 5.41) is 31.4. The van der Waals surface area contributed by atoms with Gasteiger partial charge in [-0.1, -0.05) is 20.8 Å². The average Bonchev–Trinajstić information content (AvgIpc) is 2.36. The Morgan fingerprint density at radius 1 is 1.11 bits per heavy atom. The minimum atomic E-state index is -0.941. The van der Waals surface area contributed by atoms with Crippen molar-refractivity contribution in [3.63, 3.8) is 0 Å². The number of ether oxygens (including phenoxy) is 1. The van der Waals surface area contributed by atoms with Crippen molar-refractivity contribution in [3.05, 3.63) is 0 Å². The maximum absolute atomic E-state index is 11.0. The summed E-state index contributed by atoms with van der Waals surface area (Å²) in [7, 11) is 0. The predicted octanol–water partition coefficient (Wildman–Crippen LogP) is 1.22. The molecule has 0 saturated carbocycles. The molecule has 0 amide bonds. The molecular weight excluding hydrogens is 232 g/mol. The van der Waals surface area contributed by atoms with Crippen LogP contribution in [0.5, 0.6) is 0 Å². The van der Waals surface area contributed by atoms with Gasteiger partial charge in [0.15, 0.2) is 0 Å². The molecule has 0 radical (unpaired) electrons. The van der Waals surface area contributed by atoms with Crippen LogP contribution >= 0.6 is 0 Å². The highest BCUT2D eigenvalue weighted by molar-refractivity contribution is 5.17. The van der Waals surface area contributed by atoms with Crippen LogP contribution in [0.15, 0.2) is 0 Å². The first kappa shape index (κ1) is 14.3. The van der Waals surface area contributed by atoms with Gasteiger partial charge in [0.1, 0.15) is 12.2 Å². The van der Waals surface area contributed by atoms with Crippen molar-refractivity contribution in [2.45, 2.75) is 82.9 Å². The summed E-state index contributed by atoms with van der Waals surface area (Å²) in [6.07, 6.45) is -0.334. The minimum Gasteiger partial charge on any atom is -0.389 e. The number of fused-ring (bicyclic) bond motifs is 2. The average molecular weight is 258 g/mol. The second kappa shape index (κ2) is 3.69. The zero-order valence-electron chi connectivity index (χ0n) is 12.0. The summed E-state index contributed by atoms with van der Waals surface area (Å²) in [6.45, 7) is 9.67. The van der Waals surface area contributed by atoms with Crippen LogP contribution in [0.2, 0.25) is 0 Å². The molecule has 2 fully saturated rings. The third-order valence-corrected chi connectivity index (χ3v) is 5.45. The van der Waals surface area contributed by atoms with Crippen LogP contribution in [0, 0.1) is 5.41 Å². The van der Waals surface area contributed by atoms with Crippen molar-refractivity contribution in [1.29, 1.82) is 0 Å². The molecule has 18 heavy (non-hydrogen) atoms. The molecule has 5 atom stereocenters. The zero-order valence-corrected chi connectivity index (χ0v) is 12.0. The Morgan fingerprint density at radius 3 is 1.83 bits per heavy atom. The Bertz CT molecular complexity index is 332.